The minimum atomic E-state index is -0.885. The normalized spacial score (nSPS) is 17.1. The summed E-state index contributed by atoms with van der Waals surface area (Å²) in [4.78, 5) is 59.4. The molecule has 0 spiro atoms. The first-order chi connectivity index (χ1) is 22.1. The second-order valence-corrected chi connectivity index (χ2v) is 12.5. The van der Waals surface area contributed by atoms with Gasteiger partial charge >= 0.3 is 5.97 Å². The maximum atomic E-state index is 14.1. The van der Waals surface area contributed by atoms with Gasteiger partial charge in [0.1, 0.15) is 12.4 Å². The number of likely N-dealkylation sites (tertiary alicyclic amines) is 1. The first-order valence-electron chi connectivity index (χ1n) is 15.7. The number of aromatic nitrogens is 1. The van der Waals surface area contributed by atoms with Gasteiger partial charge in [0.05, 0.1) is 6.54 Å². The van der Waals surface area contributed by atoms with Gasteiger partial charge in [0.25, 0.3) is 0 Å². The summed E-state index contributed by atoms with van der Waals surface area (Å²) in [7, 11) is 1.87. The SMILES string of the molecule is CNCc1ccccc1CN(CC(=O)Nc1ccc2c(c1)C[C@H](C(=O)Nc1ccccn1)C2)C(=O)C1(C)CCN(CC(=O)O)CC1. The lowest BCUT2D eigenvalue weighted by molar-refractivity contribution is -0.147. The first-order valence-corrected chi connectivity index (χ1v) is 15.7. The minimum Gasteiger partial charge on any atom is -0.480 e. The first kappa shape index (κ1) is 32.8. The molecule has 46 heavy (non-hydrogen) atoms. The summed E-state index contributed by atoms with van der Waals surface area (Å²) in [6.45, 7) is 3.63. The third-order valence-electron chi connectivity index (χ3n) is 9.01. The van der Waals surface area contributed by atoms with Crippen LogP contribution in [-0.2, 0) is 45.1 Å². The number of nitrogens with zero attached hydrogens (tertiary/aromatic N) is 3. The fourth-order valence-electron chi connectivity index (χ4n) is 6.39. The Balaban J connectivity index is 1.27. The summed E-state index contributed by atoms with van der Waals surface area (Å²) >= 11 is 0. The van der Waals surface area contributed by atoms with Gasteiger partial charge < -0.3 is 26.0 Å². The van der Waals surface area contributed by atoms with Crippen molar-refractivity contribution < 1.29 is 24.3 Å². The number of benzene rings is 2. The smallest absolute Gasteiger partial charge is 0.317 e. The van der Waals surface area contributed by atoms with E-state index in [4.69, 9.17) is 0 Å². The van der Waals surface area contributed by atoms with Gasteiger partial charge in [-0.15, -0.1) is 0 Å². The van der Waals surface area contributed by atoms with E-state index in [-0.39, 0.29) is 43.3 Å². The van der Waals surface area contributed by atoms with Gasteiger partial charge in [-0.1, -0.05) is 43.3 Å². The Morgan fingerprint density at radius 3 is 2.37 bits per heavy atom. The highest BCUT2D eigenvalue weighted by molar-refractivity contribution is 5.96. The molecular formula is C35H42N6O5. The molecular weight excluding hydrogens is 584 g/mol. The molecule has 1 aliphatic carbocycles. The Bertz CT molecular complexity index is 1570. The van der Waals surface area contributed by atoms with Crippen LogP contribution in [0.1, 0.15) is 42.0 Å². The van der Waals surface area contributed by atoms with Crippen molar-refractivity contribution in [3.8, 4) is 0 Å². The van der Waals surface area contributed by atoms with Crippen molar-refractivity contribution >= 4 is 35.2 Å². The number of hydrogen-bond donors (Lipinski definition) is 4. The molecule has 1 atom stereocenters. The monoisotopic (exact) mass is 626 g/mol. The Labute approximate surface area is 269 Å². The summed E-state index contributed by atoms with van der Waals surface area (Å²) < 4.78 is 0. The molecule has 1 saturated heterocycles. The van der Waals surface area contributed by atoms with Crippen LogP contribution >= 0.6 is 0 Å². The molecule has 2 aliphatic rings. The number of rotatable bonds is 12. The number of anilines is 2. The number of fused-ring (bicyclic) bond motifs is 1. The Morgan fingerprint density at radius 1 is 0.957 bits per heavy atom. The lowest BCUT2D eigenvalue weighted by Gasteiger charge is -2.40. The Kier molecular flexibility index (Phi) is 10.4. The van der Waals surface area contributed by atoms with Crippen LogP contribution in [0, 0.1) is 11.3 Å². The lowest BCUT2D eigenvalue weighted by Crippen LogP contribution is -2.51. The molecule has 242 valence electrons. The fraction of sp³-hybridized carbons (Fsp3) is 0.400. The highest BCUT2D eigenvalue weighted by atomic mass is 16.4. The zero-order valence-corrected chi connectivity index (χ0v) is 26.4. The third kappa shape index (κ3) is 8.15. The van der Waals surface area contributed by atoms with Gasteiger partial charge in [-0.3, -0.25) is 24.1 Å². The number of carboxylic acids is 1. The Morgan fingerprint density at radius 2 is 1.67 bits per heavy atom. The van der Waals surface area contributed by atoms with Crippen LogP contribution < -0.4 is 16.0 Å². The van der Waals surface area contributed by atoms with Crippen molar-refractivity contribution in [2.24, 2.45) is 11.3 Å². The number of nitrogens with one attached hydrogen (secondary N) is 3. The minimum absolute atomic E-state index is 0.0514. The number of carbonyl (C=O) groups is 4. The van der Waals surface area contributed by atoms with Crippen LogP contribution in [0.25, 0.3) is 0 Å². The number of amides is 3. The molecule has 3 amide bonds. The summed E-state index contributed by atoms with van der Waals surface area (Å²) in [5, 5.41) is 18.2. The summed E-state index contributed by atoms with van der Waals surface area (Å²) in [5.41, 5.74) is 3.98. The molecule has 3 aromatic rings. The van der Waals surface area contributed by atoms with E-state index >= 15 is 0 Å². The zero-order valence-electron chi connectivity index (χ0n) is 26.4. The van der Waals surface area contributed by atoms with E-state index in [1.807, 2.05) is 67.4 Å². The van der Waals surface area contributed by atoms with Gasteiger partial charge in [0, 0.05) is 36.3 Å². The summed E-state index contributed by atoms with van der Waals surface area (Å²) in [6.07, 6.45) is 3.82. The van der Waals surface area contributed by atoms with Crippen LogP contribution in [0.5, 0.6) is 0 Å². The molecule has 1 aromatic heterocycles. The average molecular weight is 627 g/mol. The van der Waals surface area contributed by atoms with E-state index < -0.39 is 11.4 Å². The number of aliphatic carboxylic acids is 1. The number of piperidine rings is 1. The summed E-state index contributed by atoms with van der Waals surface area (Å²) in [6, 6.07) is 18.9. The van der Waals surface area contributed by atoms with Crippen molar-refractivity contribution in [1.29, 1.82) is 0 Å². The topological polar surface area (TPSA) is 144 Å². The van der Waals surface area contributed by atoms with Gasteiger partial charge in [-0.25, -0.2) is 4.98 Å². The van der Waals surface area contributed by atoms with Gasteiger partial charge in [0.2, 0.25) is 17.7 Å². The molecule has 2 heterocycles. The Hall–Kier alpha value is -4.61. The quantitative estimate of drug-likeness (QED) is 0.240. The molecule has 1 aliphatic heterocycles. The van der Waals surface area contributed by atoms with Crippen molar-refractivity contribution in [3.05, 3.63) is 89.1 Å². The molecule has 0 radical (unpaired) electrons. The van der Waals surface area contributed by atoms with Crippen LogP contribution in [0.2, 0.25) is 0 Å². The second-order valence-electron chi connectivity index (χ2n) is 12.5. The highest BCUT2D eigenvalue weighted by Gasteiger charge is 2.40. The predicted octanol–water partition coefficient (Wildman–Crippen LogP) is 3.31. The van der Waals surface area contributed by atoms with Crippen molar-refractivity contribution in [1.82, 2.24) is 20.1 Å². The maximum absolute atomic E-state index is 14.1. The highest BCUT2D eigenvalue weighted by Crippen LogP contribution is 2.34. The van der Waals surface area contributed by atoms with E-state index in [9.17, 15) is 24.3 Å². The fourth-order valence-corrected chi connectivity index (χ4v) is 6.39. The van der Waals surface area contributed by atoms with E-state index in [1.54, 1.807) is 23.2 Å². The average Bonchev–Trinajstić information content (AvgIpc) is 3.47. The molecule has 0 bridgehead atoms. The number of hydrogen-bond acceptors (Lipinski definition) is 7. The molecule has 4 N–H and O–H groups in total. The third-order valence-corrected chi connectivity index (χ3v) is 9.01. The molecule has 2 aromatic carbocycles. The van der Waals surface area contributed by atoms with Gasteiger partial charge in [-0.2, -0.15) is 0 Å². The van der Waals surface area contributed by atoms with E-state index in [1.165, 1.54) is 0 Å². The van der Waals surface area contributed by atoms with Gasteiger partial charge in [-0.05, 0) is 92.3 Å². The maximum Gasteiger partial charge on any atom is 0.317 e. The van der Waals surface area contributed by atoms with E-state index in [2.05, 4.69) is 20.9 Å². The van der Waals surface area contributed by atoms with Crippen molar-refractivity contribution in [2.45, 2.75) is 45.7 Å². The van der Waals surface area contributed by atoms with E-state index in [0.717, 1.165) is 22.3 Å². The zero-order chi connectivity index (χ0) is 32.7. The summed E-state index contributed by atoms with van der Waals surface area (Å²) in [5.74, 6) is -1.11. The molecule has 1 fully saturated rings. The predicted molar refractivity (Wildman–Crippen MR) is 175 cm³/mol. The number of carbonyl (C=O) groups excluding carboxylic acids is 3. The number of carboxylic acid groups (broad SMARTS) is 1. The van der Waals surface area contributed by atoms with Gasteiger partial charge in [0.15, 0.2) is 0 Å². The molecule has 11 nitrogen and oxygen atoms in total. The van der Waals surface area contributed by atoms with Crippen LogP contribution in [0.15, 0.2) is 66.9 Å². The number of pyridine rings is 1. The van der Waals surface area contributed by atoms with Crippen LogP contribution in [0.3, 0.4) is 0 Å². The molecule has 11 heteroatoms. The van der Waals surface area contributed by atoms with Crippen LogP contribution in [-0.4, -0.2) is 76.8 Å². The van der Waals surface area contributed by atoms with Crippen molar-refractivity contribution in [3.63, 3.8) is 0 Å². The molecule has 5 rings (SSSR count). The largest absolute Gasteiger partial charge is 0.480 e. The van der Waals surface area contributed by atoms with E-state index in [0.29, 0.717) is 56.8 Å². The lowest BCUT2D eigenvalue weighted by atomic mass is 9.78. The second kappa shape index (κ2) is 14.7. The molecule has 0 saturated carbocycles. The van der Waals surface area contributed by atoms with Crippen molar-refractivity contribution in [2.75, 3.05) is 43.9 Å². The van der Waals surface area contributed by atoms with Crippen LogP contribution in [0.4, 0.5) is 11.5 Å². The molecule has 0 unspecified atom stereocenters. The standard InChI is InChI=1S/C35H42N6O5/c1-35(12-15-40(16-13-35)23-32(43)44)34(46)41(21-26-8-4-3-7-25(26)20-36-2)22-31(42)38-29-11-10-24-17-28(18-27(24)19-29)33(45)39-30-9-5-6-14-37-30/h3-11,14,19,28,36H,12-13,15-18,20-23H2,1-2H3,(H,38,42)(H,43,44)(H,37,39,45)/t28-/m1/s1.